The Hall–Kier alpha value is -3.31. The molecule has 3 aromatic rings. The molecule has 33 heavy (non-hydrogen) atoms. The molecule has 1 atom stereocenters. The third-order valence-electron chi connectivity index (χ3n) is 5.89. The fraction of sp³-hybridized carbons (Fsp3) is 0.259. The van der Waals surface area contributed by atoms with Crippen molar-refractivity contribution in [1.29, 1.82) is 0 Å². The number of carbonyl (C=O) groups excluding carboxylic acids is 2. The van der Waals surface area contributed by atoms with Crippen LogP contribution >= 0.6 is 11.6 Å². The highest BCUT2D eigenvalue weighted by molar-refractivity contribution is 6.30. The first kappa shape index (κ1) is 22.9. The van der Waals surface area contributed by atoms with Crippen molar-refractivity contribution in [2.75, 3.05) is 16.8 Å². The second kappa shape index (κ2) is 9.67. The Morgan fingerprint density at radius 3 is 2.30 bits per heavy atom. The summed E-state index contributed by atoms with van der Waals surface area (Å²) in [5, 5.41) is 3.73. The van der Waals surface area contributed by atoms with Crippen LogP contribution in [0.25, 0.3) is 0 Å². The molecule has 0 radical (unpaired) electrons. The van der Waals surface area contributed by atoms with Crippen molar-refractivity contribution in [3.8, 4) is 5.75 Å². The number of aryl methyl sites for hydroxylation is 3. The summed E-state index contributed by atoms with van der Waals surface area (Å²) in [5.74, 6) is 0.143. The van der Waals surface area contributed by atoms with Gasteiger partial charge in [-0.3, -0.25) is 9.59 Å². The molecule has 1 N–H and O–H groups in total. The van der Waals surface area contributed by atoms with E-state index in [0.717, 1.165) is 33.6 Å². The van der Waals surface area contributed by atoms with Crippen molar-refractivity contribution in [3.63, 3.8) is 0 Å². The highest BCUT2D eigenvalue weighted by atomic mass is 35.5. The second-order valence-electron chi connectivity index (χ2n) is 8.58. The molecule has 5 nitrogen and oxygen atoms in total. The van der Waals surface area contributed by atoms with Crippen molar-refractivity contribution < 1.29 is 14.3 Å². The molecule has 0 aliphatic carbocycles. The predicted octanol–water partition coefficient (Wildman–Crippen LogP) is 5.84. The van der Waals surface area contributed by atoms with E-state index >= 15 is 0 Å². The van der Waals surface area contributed by atoms with Crippen LogP contribution in [0.15, 0.2) is 60.7 Å². The van der Waals surface area contributed by atoms with Gasteiger partial charge in [-0.05, 0) is 73.9 Å². The van der Waals surface area contributed by atoms with Gasteiger partial charge in [0.1, 0.15) is 12.4 Å². The van der Waals surface area contributed by atoms with Gasteiger partial charge in [-0.15, -0.1) is 0 Å². The van der Waals surface area contributed by atoms with Gasteiger partial charge >= 0.3 is 0 Å². The molecule has 0 bridgehead atoms. The van der Waals surface area contributed by atoms with Crippen molar-refractivity contribution in [3.05, 3.63) is 87.9 Å². The highest BCUT2D eigenvalue weighted by Crippen LogP contribution is 2.29. The molecule has 0 aromatic heterocycles. The van der Waals surface area contributed by atoms with E-state index in [2.05, 4.69) is 5.32 Å². The molecule has 1 fully saturated rings. The zero-order valence-electron chi connectivity index (χ0n) is 19.0. The lowest BCUT2D eigenvalue weighted by Crippen LogP contribution is -2.28. The van der Waals surface area contributed by atoms with E-state index in [4.69, 9.17) is 16.3 Å². The zero-order chi connectivity index (χ0) is 23.5. The molecule has 3 aromatic carbocycles. The molecule has 170 valence electrons. The largest absolute Gasteiger partial charge is 0.489 e. The van der Waals surface area contributed by atoms with Gasteiger partial charge in [0.25, 0.3) is 0 Å². The van der Waals surface area contributed by atoms with Gasteiger partial charge in [0.15, 0.2) is 0 Å². The third-order valence-corrected chi connectivity index (χ3v) is 6.14. The number of anilines is 2. The molecular formula is C27H27ClN2O3. The Morgan fingerprint density at radius 2 is 1.67 bits per heavy atom. The molecule has 1 saturated heterocycles. The van der Waals surface area contributed by atoms with Crippen LogP contribution in [0.3, 0.4) is 0 Å². The number of hydrogen-bond donors (Lipinski definition) is 1. The van der Waals surface area contributed by atoms with E-state index in [0.29, 0.717) is 23.9 Å². The normalized spacial score (nSPS) is 15.6. The Morgan fingerprint density at radius 1 is 1.03 bits per heavy atom. The third kappa shape index (κ3) is 5.37. The van der Waals surface area contributed by atoms with E-state index in [-0.39, 0.29) is 18.2 Å². The minimum Gasteiger partial charge on any atom is -0.489 e. The van der Waals surface area contributed by atoms with Crippen LogP contribution in [-0.4, -0.2) is 18.4 Å². The number of hydrogen-bond acceptors (Lipinski definition) is 3. The summed E-state index contributed by atoms with van der Waals surface area (Å²) in [7, 11) is 0. The first-order chi connectivity index (χ1) is 15.8. The molecular weight excluding hydrogens is 436 g/mol. The van der Waals surface area contributed by atoms with Crippen LogP contribution in [-0.2, 0) is 16.2 Å². The smallest absolute Gasteiger partial charge is 0.229 e. The van der Waals surface area contributed by atoms with Crippen LogP contribution in [0.5, 0.6) is 5.75 Å². The van der Waals surface area contributed by atoms with E-state index in [9.17, 15) is 9.59 Å². The minimum atomic E-state index is -0.390. The minimum absolute atomic E-state index is 0.0534. The fourth-order valence-electron chi connectivity index (χ4n) is 4.20. The summed E-state index contributed by atoms with van der Waals surface area (Å²) in [4.78, 5) is 27.2. The molecule has 1 heterocycles. The molecule has 0 spiro atoms. The predicted molar refractivity (Wildman–Crippen MR) is 132 cm³/mol. The Kier molecular flexibility index (Phi) is 6.70. The maximum atomic E-state index is 12.9. The number of amides is 2. The molecule has 0 unspecified atom stereocenters. The molecule has 6 heteroatoms. The van der Waals surface area contributed by atoms with Gasteiger partial charge in [-0.1, -0.05) is 41.4 Å². The number of rotatable bonds is 6. The van der Waals surface area contributed by atoms with Crippen LogP contribution in [0.4, 0.5) is 11.4 Å². The topological polar surface area (TPSA) is 58.6 Å². The summed E-state index contributed by atoms with van der Waals surface area (Å²) >= 11 is 5.91. The van der Waals surface area contributed by atoms with E-state index in [1.807, 2.05) is 81.4 Å². The number of benzene rings is 3. The van der Waals surface area contributed by atoms with Crippen LogP contribution in [0.1, 0.15) is 28.7 Å². The summed E-state index contributed by atoms with van der Waals surface area (Å²) in [6, 6.07) is 19.0. The van der Waals surface area contributed by atoms with Gasteiger partial charge in [0, 0.05) is 29.4 Å². The number of nitrogens with zero attached hydrogens (tertiary/aromatic N) is 1. The SMILES string of the molecule is Cc1cc(C)c(NC(=O)[C@H]2CC(=O)N(c3ccc(OCc4ccc(Cl)cc4)cc3)C2)c(C)c1. The molecule has 2 amide bonds. The van der Waals surface area contributed by atoms with Crippen molar-refractivity contribution in [1.82, 2.24) is 0 Å². The first-order valence-corrected chi connectivity index (χ1v) is 11.3. The quantitative estimate of drug-likeness (QED) is 0.501. The lowest BCUT2D eigenvalue weighted by Gasteiger charge is -2.18. The Bertz CT molecular complexity index is 1150. The summed E-state index contributed by atoms with van der Waals surface area (Å²) in [5.41, 5.74) is 5.82. The second-order valence-corrected chi connectivity index (χ2v) is 9.01. The van der Waals surface area contributed by atoms with Gasteiger partial charge in [-0.2, -0.15) is 0 Å². The molecule has 1 aliphatic rings. The average molecular weight is 463 g/mol. The van der Waals surface area contributed by atoms with Gasteiger partial charge in [-0.25, -0.2) is 0 Å². The standard InChI is InChI=1S/C27H27ClN2O3/c1-17-12-18(2)26(19(3)13-17)29-27(32)21-14-25(31)30(15-21)23-8-10-24(11-9-23)33-16-20-4-6-22(28)7-5-20/h4-13,21H,14-16H2,1-3H3,(H,29,32)/t21-/m0/s1. The summed E-state index contributed by atoms with van der Waals surface area (Å²) in [6.45, 7) is 6.79. The van der Waals surface area contributed by atoms with Gasteiger partial charge < -0.3 is 15.0 Å². The maximum Gasteiger partial charge on any atom is 0.229 e. The Labute approximate surface area is 199 Å². The van der Waals surface area contributed by atoms with Crippen LogP contribution in [0.2, 0.25) is 5.02 Å². The van der Waals surface area contributed by atoms with Crippen LogP contribution < -0.4 is 15.0 Å². The average Bonchev–Trinajstić information content (AvgIpc) is 3.18. The number of halogens is 1. The lowest BCUT2D eigenvalue weighted by atomic mass is 10.0. The molecule has 4 rings (SSSR count). The lowest BCUT2D eigenvalue weighted by molar-refractivity contribution is -0.122. The van der Waals surface area contributed by atoms with E-state index in [1.165, 1.54) is 0 Å². The zero-order valence-corrected chi connectivity index (χ0v) is 19.8. The number of carbonyl (C=O) groups is 2. The number of ether oxygens (including phenoxy) is 1. The monoisotopic (exact) mass is 462 g/mol. The first-order valence-electron chi connectivity index (χ1n) is 11.0. The summed E-state index contributed by atoms with van der Waals surface area (Å²) in [6.07, 6.45) is 0.199. The van der Waals surface area contributed by atoms with Crippen molar-refractivity contribution in [2.24, 2.45) is 5.92 Å². The van der Waals surface area contributed by atoms with Crippen LogP contribution in [0, 0.1) is 26.7 Å². The molecule has 0 saturated carbocycles. The number of nitrogens with one attached hydrogen (secondary N) is 1. The highest BCUT2D eigenvalue weighted by Gasteiger charge is 2.35. The maximum absolute atomic E-state index is 12.9. The van der Waals surface area contributed by atoms with Gasteiger partial charge in [0.2, 0.25) is 11.8 Å². The van der Waals surface area contributed by atoms with Crippen molar-refractivity contribution >= 4 is 34.8 Å². The van der Waals surface area contributed by atoms with E-state index < -0.39 is 5.92 Å². The Balaban J connectivity index is 1.37. The molecule has 1 aliphatic heterocycles. The van der Waals surface area contributed by atoms with Crippen molar-refractivity contribution in [2.45, 2.75) is 33.8 Å². The fourth-order valence-corrected chi connectivity index (χ4v) is 4.33. The van der Waals surface area contributed by atoms with E-state index in [1.54, 1.807) is 4.90 Å². The van der Waals surface area contributed by atoms with Gasteiger partial charge in [0.05, 0.1) is 5.92 Å². The summed E-state index contributed by atoms with van der Waals surface area (Å²) < 4.78 is 5.82.